The molecular formula is C22H27FN4O2. The van der Waals surface area contributed by atoms with Gasteiger partial charge in [0.15, 0.2) is 0 Å². The van der Waals surface area contributed by atoms with Crippen LogP contribution < -0.4 is 15.1 Å². The van der Waals surface area contributed by atoms with Gasteiger partial charge in [-0.05, 0) is 43.4 Å². The van der Waals surface area contributed by atoms with E-state index in [0.29, 0.717) is 6.54 Å². The summed E-state index contributed by atoms with van der Waals surface area (Å²) in [5, 5.41) is 2.68. The largest absolute Gasteiger partial charge is 0.369 e. The van der Waals surface area contributed by atoms with E-state index < -0.39 is 11.7 Å². The van der Waals surface area contributed by atoms with Crippen molar-refractivity contribution in [2.75, 3.05) is 56.1 Å². The third-order valence-corrected chi connectivity index (χ3v) is 5.15. The molecule has 0 atom stereocenters. The van der Waals surface area contributed by atoms with Crippen molar-refractivity contribution in [3.05, 3.63) is 59.9 Å². The number of amides is 2. The zero-order chi connectivity index (χ0) is 20.8. The quantitative estimate of drug-likeness (QED) is 0.812. The zero-order valence-electron chi connectivity index (χ0n) is 16.9. The molecule has 7 heteroatoms. The number of hydrogen-bond donors (Lipinski definition) is 1. The van der Waals surface area contributed by atoms with Gasteiger partial charge in [0.25, 0.3) is 5.91 Å². The van der Waals surface area contributed by atoms with Crippen LogP contribution in [-0.2, 0) is 4.79 Å². The van der Waals surface area contributed by atoms with Gasteiger partial charge in [-0.15, -0.1) is 0 Å². The Morgan fingerprint density at radius 3 is 2.31 bits per heavy atom. The number of anilines is 2. The van der Waals surface area contributed by atoms with Crippen LogP contribution in [0.15, 0.2) is 48.5 Å². The summed E-state index contributed by atoms with van der Waals surface area (Å²) in [6, 6.07) is 13.7. The summed E-state index contributed by atoms with van der Waals surface area (Å²) in [7, 11) is 2.12. The standard InChI is InChI=1S/C22H27FN4O2/c1-17(28)27(12-11-24-22(29)20-5-3-4-6-21(20)23)19-9-7-18(8-10-19)26-15-13-25(2)14-16-26/h3-10H,11-16H2,1-2H3,(H,24,29). The second-order valence-electron chi connectivity index (χ2n) is 7.21. The number of hydrogen-bond acceptors (Lipinski definition) is 4. The van der Waals surface area contributed by atoms with Gasteiger partial charge in [-0.25, -0.2) is 4.39 Å². The van der Waals surface area contributed by atoms with Gasteiger partial charge in [-0.2, -0.15) is 0 Å². The van der Waals surface area contributed by atoms with E-state index in [-0.39, 0.29) is 18.0 Å². The first-order valence-corrected chi connectivity index (χ1v) is 9.80. The Balaban J connectivity index is 1.59. The molecule has 1 N–H and O–H groups in total. The Labute approximate surface area is 170 Å². The average molecular weight is 398 g/mol. The second kappa shape index (κ2) is 9.52. The fourth-order valence-electron chi connectivity index (χ4n) is 3.40. The topological polar surface area (TPSA) is 55.9 Å². The molecule has 6 nitrogen and oxygen atoms in total. The molecule has 0 unspecified atom stereocenters. The molecule has 3 rings (SSSR count). The molecule has 0 bridgehead atoms. The van der Waals surface area contributed by atoms with Crippen LogP contribution in [0.4, 0.5) is 15.8 Å². The Morgan fingerprint density at radius 2 is 1.69 bits per heavy atom. The highest BCUT2D eigenvalue weighted by molar-refractivity contribution is 5.95. The fourth-order valence-corrected chi connectivity index (χ4v) is 3.40. The molecule has 2 aromatic rings. The molecular weight excluding hydrogens is 371 g/mol. The van der Waals surface area contributed by atoms with Gasteiger partial charge < -0.3 is 20.0 Å². The second-order valence-corrected chi connectivity index (χ2v) is 7.21. The van der Waals surface area contributed by atoms with Crippen LogP contribution in [-0.4, -0.2) is 63.0 Å². The Kier molecular flexibility index (Phi) is 6.82. The first-order chi connectivity index (χ1) is 14.0. The van der Waals surface area contributed by atoms with Crippen molar-refractivity contribution >= 4 is 23.2 Å². The maximum atomic E-state index is 13.7. The van der Waals surface area contributed by atoms with E-state index in [1.54, 1.807) is 11.0 Å². The van der Waals surface area contributed by atoms with E-state index in [2.05, 4.69) is 22.2 Å². The Morgan fingerprint density at radius 1 is 1.03 bits per heavy atom. The number of benzene rings is 2. The monoisotopic (exact) mass is 398 g/mol. The highest BCUT2D eigenvalue weighted by atomic mass is 19.1. The number of nitrogens with zero attached hydrogens (tertiary/aromatic N) is 3. The van der Waals surface area contributed by atoms with Gasteiger partial charge in [0.2, 0.25) is 5.91 Å². The number of halogens is 1. The van der Waals surface area contributed by atoms with E-state index in [0.717, 1.165) is 37.6 Å². The lowest BCUT2D eigenvalue weighted by molar-refractivity contribution is -0.116. The summed E-state index contributed by atoms with van der Waals surface area (Å²) in [4.78, 5) is 30.5. The predicted molar refractivity (Wildman–Crippen MR) is 113 cm³/mol. The summed E-state index contributed by atoms with van der Waals surface area (Å²) in [6.07, 6.45) is 0. The molecule has 2 aromatic carbocycles. The Bertz CT molecular complexity index is 848. The Hall–Kier alpha value is -2.93. The number of piperazine rings is 1. The molecule has 0 aromatic heterocycles. The third-order valence-electron chi connectivity index (χ3n) is 5.15. The number of rotatable bonds is 6. The van der Waals surface area contributed by atoms with Crippen molar-refractivity contribution in [2.24, 2.45) is 0 Å². The molecule has 1 saturated heterocycles. The minimum absolute atomic E-state index is 0.00148. The lowest BCUT2D eigenvalue weighted by Crippen LogP contribution is -2.44. The summed E-state index contributed by atoms with van der Waals surface area (Å²) in [5.74, 6) is -1.16. The minimum Gasteiger partial charge on any atom is -0.369 e. The summed E-state index contributed by atoms with van der Waals surface area (Å²) in [5.41, 5.74) is 1.91. The van der Waals surface area contributed by atoms with Crippen molar-refractivity contribution in [1.82, 2.24) is 10.2 Å². The molecule has 0 saturated carbocycles. The van der Waals surface area contributed by atoms with Crippen molar-refractivity contribution in [1.29, 1.82) is 0 Å². The van der Waals surface area contributed by atoms with E-state index in [4.69, 9.17) is 0 Å². The van der Waals surface area contributed by atoms with Crippen molar-refractivity contribution < 1.29 is 14.0 Å². The van der Waals surface area contributed by atoms with E-state index >= 15 is 0 Å². The highest BCUT2D eigenvalue weighted by Crippen LogP contribution is 2.22. The predicted octanol–water partition coefficient (Wildman–Crippen LogP) is 2.36. The van der Waals surface area contributed by atoms with Crippen LogP contribution in [0.2, 0.25) is 0 Å². The van der Waals surface area contributed by atoms with Gasteiger partial charge in [0.05, 0.1) is 5.56 Å². The maximum absolute atomic E-state index is 13.7. The van der Waals surface area contributed by atoms with Crippen molar-refractivity contribution in [3.8, 4) is 0 Å². The van der Waals surface area contributed by atoms with Crippen LogP contribution in [0.3, 0.4) is 0 Å². The van der Waals surface area contributed by atoms with Gasteiger partial charge >= 0.3 is 0 Å². The smallest absolute Gasteiger partial charge is 0.254 e. The number of carbonyl (C=O) groups excluding carboxylic acids is 2. The highest BCUT2D eigenvalue weighted by Gasteiger charge is 2.16. The molecule has 1 aliphatic heterocycles. The van der Waals surface area contributed by atoms with E-state index in [1.165, 1.54) is 25.1 Å². The SMILES string of the molecule is CC(=O)N(CCNC(=O)c1ccccc1F)c1ccc(N2CCN(C)CC2)cc1. The number of nitrogens with one attached hydrogen (secondary N) is 1. The van der Waals surface area contributed by atoms with Gasteiger partial charge in [-0.1, -0.05) is 12.1 Å². The van der Waals surface area contributed by atoms with Crippen molar-refractivity contribution in [2.45, 2.75) is 6.92 Å². The summed E-state index contributed by atoms with van der Waals surface area (Å²) in [6.45, 7) is 6.05. The van der Waals surface area contributed by atoms with Crippen LogP contribution in [0.25, 0.3) is 0 Å². The first kappa shape index (κ1) is 20.8. The van der Waals surface area contributed by atoms with Crippen LogP contribution in [0.5, 0.6) is 0 Å². The molecule has 1 fully saturated rings. The van der Waals surface area contributed by atoms with E-state index in [1.807, 2.05) is 24.3 Å². The van der Waals surface area contributed by atoms with Crippen LogP contribution in [0, 0.1) is 5.82 Å². The third kappa shape index (κ3) is 5.32. The van der Waals surface area contributed by atoms with Crippen LogP contribution in [0.1, 0.15) is 17.3 Å². The number of carbonyl (C=O) groups is 2. The van der Waals surface area contributed by atoms with Crippen molar-refractivity contribution in [3.63, 3.8) is 0 Å². The molecule has 0 spiro atoms. The molecule has 0 aliphatic carbocycles. The number of likely N-dealkylation sites (N-methyl/N-ethyl adjacent to an activating group) is 1. The average Bonchev–Trinajstić information content (AvgIpc) is 2.72. The molecule has 154 valence electrons. The van der Waals surface area contributed by atoms with Crippen LogP contribution >= 0.6 is 0 Å². The van der Waals surface area contributed by atoms with Gasteiger partial charge in [0, 0.05) is 57.6 Å². The van der Waals surface area contributed by atoms with Gasteiger partial charge in [0.1, 0.15) is 5.82 Å². The summed E-state index contributed by atoms with van der Waals surface area (Å²) < 4.78 is 13.7. The van der Waals surface area contributed by atoms with Gasteiger partial charge in [-0.3, -0.25) is 9.59 Å². The lowest BCUT2D eigenvalue weighted by Gasteiger charge is -2.34. The maximum Gasteiger partial charge on any atom is 0.254 e. The summed E-state index contributed by atoms with van der Waals surface area (Å²) >= 11 is 0. The molecule has 1 heterocycles. The minimum atomic E-state index is -0.562. The molecule has 29 heavy (non-hydrogen) atoms. The normalized spacial score (nSPS) is 14.5. The first-order valence-electron chi connectivity index (χ1n) is 9.80. The van der Waals surface area contributed by atoms with E-state index in [9.17, 15) is 14.0 Å². The molecule has 1 aliphatic rings. The zero-order valence-corrected chi connectivity index (χ0v) is 16.9. The molecule has 2 amide bonds. The fraction of sp³-hybridized carbons (Fsp3) is 0.364. The lowest BCUT2D eigenvalue weighted by atomic mass is 10.2. The molecule has 0 radical (unpaired) electrons.